The van der Waals surface area contributed by atoms with Gasteiger partial charge in [-0.05, 0) is 82.1 Å². The van der Waals surface area contributed by atoms with Gasteiger partial charge >= 0.3 is 0 Å². The fourth-order valence-electron chi connectivity index (χ4n) is 5.45. The van der Waals surface area contributed by atoms with Crippen LogP contribution in [0.15, 0.2) is 32.3 Å². The fourth-order valence-corrected chi connectivity index (χ4v) is 7.69. The molecular weight excluding hydrogens is 569 g/mol. The Morgan fingerprint density at radius 3 is 1.32 bits per heavy atom. The summed E-state index contributed by atoms with van der Waals surface area (Å²) < 4.78 is 22.3. The highest BCUT2D eigenvalue weighted by Gasteiger charge is 2.49. The minimum atomic E-state index is 0.358. The summed E-state index contributed by atoms with van der Waals surface area (Å²) in [4.78, 5) is 0. The van der Waals surface area contributed by atoms with Gasteiger partial charge in [0.05, 0.1) is 26.4 Å². The second-order valence-corrected chi connectivity index (χ2v) is 15.9. The number of thiophene rings is 3. The number of hydrogen-bond donors (Lipinski definition) is 0. The Morgan fingerprint density at radius 2 is 0.902 bits per heavy atom. The summed E-state index contributed by atoms with van der Waals surface area (Å²) in [5.74, 6) is 4.78. The largest absolute Gasteiger partial charge is 0.489 e. The van der Waals surface area contributed by atoms with Crippen LogP contribution in [0.2, 0.25) is 0 Å². The van der Waals surface area contributed by atoms with Gasteiger partial charge in [0.25, 0.3) is 0 Å². The summed E-state index contributed by atoms with van der Waals surface area (Å²) in [6, 6.07) is 0. The average Bonchev–Trinajstić information content (AvgIpc) is 3.66. The van der Waals surface area contributed by atoms with Crippen molar-refractivity contribution in [3.8, 4) is 23.0 Å². The lowest BCUT2D eigenvalue weighted by Crippen LogP contribution is -2.45. The predicted molar refractivity (Wildman–Crippen MR) is 176 cm³/mol. The Bertz CT molecular complexity index is 1130. The van der Waals surface area contributed by atoms with E-state index in [2.05, 4.69) is 66.2 Å². The van der Waals surface area contributed by atoms with E-state index in [1.807, 2.05) is 32.9 Å². The molecule has 0 radical (unpaired) electrons. The second kappa shape index (κ2) is 13.7. The molecule has 0 N–H and O–H groups in total. The third-order valence-electron chi connectivity index (χ3n) is 9.95. The summed E-state index contributed by atoms with van der Waals surface area (Å²) in [7, 11) is 0. The molecule has 0 amide bonds. The monoisotopic (exact) mass is 618 g/mol. The molecule has 0 aromatic carbocycles. The molecule has 3 aromatic heterocycles. The molecule has 2 aliphatic heterocycles. The van der Waals surface area contributed by atoms with E-state index in [1.165, 1.54) is 19.3 Å². The molecule has 7 heteroatoms. The first-order chi connectivity index (χ1) is 19.4. The van der Waals surface area contributed by atoms with Crippen molar-refractivity contribution in [3.63, 3.8) is 0 Å². The van der Waals surface area contributed by atoms with E-state index in [0.29, 0.717) is 28.1 Å². The molecule has 5 heterocycles. The van der Waals surface area contributed by atoms with Crippen LogP contribution in [0.1, 0.15) is 85.8 Å². The first-order valence-corrected chi connectivity index (χ1v) is 17.9. The van der Waals surface area contributed by atoms with Gasteiger partial charge in [-0.25, -0.2) is 0 Å². The van der Waals surface area contributed by atoms with Gasteiger partial charge in [0.1, 0.15) is 0 Å². The van der Waals surface area contributed by atoms with Crippen molar-refractivity contribution >= 4 is 34.0 Å². The van der Waals surface area contributed by atoms with Gasteiger partial charge in [-0.15, -0.1) is 22.7 Å². The van der Waals surface area contributed by atoms with Crippen LogP contribution in [0.25, 0.3) is 0 Å². The van der Waals surface area contributed by atoms with Crippen LogP contribution >= 0.6 is 34.0 Å². The number of ether oxygens (including phenoxy) is 4. The van der Waals surface area contributed by atoms with Crippen molar-refractivity contribution in [3.05, 3.63) is 43.4 Å². The Hall–Kier alpha value is -1.70. The Balaban J connectivity index is 0.000000143. The zero-order valence-corrected chi connectivity index (χ0v) is 28.8. The molecular formula is C34H50O4S3. The summed E-state index contributed by atoms with van der Waals surface area (Å²) in [6.45, 7) is 22.3. The lowest BCUT2D eigenvalue weighted by molar-refractivity contribution is -0.0127. The van der Waals surface area contributed by atoms with Crippen molar-refractivity contribution in [2.75, 3.05) is 26.4 Å². The van der Waals surface area contributed by atoms with E-state index in [4.69, 9.17) is 18.9 Å². The zero-order chi connectivity index (χ0) is 29.7. The Morgan fingerprint density at radius 1 is 0.537 bits per heavy atom. The first-order valence-electron chi connectivity index (χ1n) is 15.1. The second-order valence-electron chi connectivity index (χ2n) is 13.7. The lowest BCUT2D eigenvalue weighted by Gasteiger charge is -2.51. The smallest absolute Gasteiger partial charge is 0.171 e. The molecule has 2 atom stereocenters. The van der Waals surface area contributed by atoms with Crippen LogP contribution in [-0.4, -0.2) is 26.4 Å². The minimum Gasteiger partial charge on any atom is -0.489 e. The van der Waals surface area contributed by atoms with Gasteiger partial charge in [-0.2, -0.15) is 11.3 Å². The third kappa shape index (κ3) is 7.83. The van der Waals surface area contributed by atoms with E-state index < -0.39 is 0 Å². The number of rotatable bonds is 0. The van der Waals surface area contributed by atoms with Crippen LogP contribution in [0, 0.1) is 28.1 Å². The van der Waals surface area contributed by atoms with Crippen LogP contribution < -0.4 is 18.9 Å². The molecule has 0 spiro atoms. The van der Waals surface area contributed by atoms with E-state index in [-0.39, 0.29) is 0 Å². The first kappa shape index (κ1) is 32.2. The fraction of sp³-hybridized carbons (Fsp3) is 0.647. The molecule has 0 bridgehead atoms. The van der Waals surface area contributed by atoms with E-state index in [0.717, 1.165) is 62.3 Å². The van der Waals surface area contributed by atoms with Crippen molar-refractivity contribution < 1.29 is 18.9 Å². The molecule has 0 saturated heterocycles. The van der Waals surface area contributed by atoms with Gasteiger partial charge in [0, 0.05) is 21.5 Å². The summed E-state index contributed by atoms with van der Waals surface area (Å²) in [6.07, 6.45) is 5.93. The van der Waals surface area contributed by atoms with Crippen molar-refractivity contribution in [2.24, 2.45) is 28.1 Å². The summed E-state index contributed by atoms with van der Waals surface area (Å²) in [5.41, 5.74) is 4.27. The molecule has 4 nitrogen and oxygen atoms in total. The van der Waals surface area contributed by atoms with Crippen LogP contribution in [0.4, 0.5) is 0 Å². The highest BCUT2D eigenvalue weighted by molar-refractivity contribution is 7.08. The molecule has 6 rings (SSSR count). The quantitative estimate of drug-likeness (QED) is 0.235. The van der Waals surface area contributed by atoms with Crippen LogP contribution in [0.5, 0.6) is 23.0 Å². The van der Waals surface area contributed by atoms with Crippen molar-refractivity contribution in [1.29, 1.82) is 0 Å². The average molecular weight is 619 g/mol. The van der Waals surface area contributed by atoms with Gasteiger partial charge in [-0.1, -0.05) is 55.4 Å². The van der Waals surface area contributed by atoms with Crippen LogP contribution in [-0.2, 0) is 12.8 Å². The molecule has 228 valence electrons. The molecule has 0 saturated carbocycles. The lowest BCUT2D eigenvalue weighted by atomic mass is 9.54. The molecule has 1 aliphatic carbocycles. The molecule has 3 aliphatic rings. The van der Waals surface area contributed by atoms with Crippen LogP contribution in [0.3, 0.4) is 0 Å². The van der Waals surface area contributed by atoms with Gasteiger partial charge in [-0.3, -0.25) is 0 Å². The van der Waals surface area contributed by atoms with Crippen molar-refractivity contribution in [2.45, 2.75) is 87.5 Å². The minimum absolute atomic E-state index is 0.358. The predicted octanol–water partition coefficient (Wildman–Crippen LogP) is 10.4. The summed E-state index contributed by atoms with van der Waals surface area (Å²) in [5, 5.41) is 12.7. The maximum atomic E-state index is 5.64. The van der Waals surface area contributed by atoms with E-state index in [9.17, 15) is 0 Å². The Kier molecular flexibility index (Phi) is 10.8. The normalized spacial score (nSPS) is 24.1. The van der Waals surface area contributed by atoms with E-state index >= 15 is 0 Å². The molecule has 0 fully saturated rings. The van der Waals surface area contributed by atoms with E-state index in [1.54, 1.807) is 33.8 Å². The van der Waals surface area contributed by atoms with Gasteiger partial charge in [0.2, 0.25) is 0 Å². The number of hydrogen-bond acceptors (Lipinski definition) is 7. The third-order valence-corrected chi connectivity index (χ3v) is 12.2. The molecule has 3 aromatic rings. The molecule has 2 unspecified atom stereocenters. The standard InChI is InChI=1S/C15H24S.C10H14O2S.C9H12O2S/c1-13(2)7-11-9-16-10-12(11)8-14(3,4)15(13,5)6;1-7-3-11-9-5-13-6-10(9)12-4-8(7)2;1-2-4-10-8-6-12-7-9(8)11-5-3-1/h9-10H,7-8H2,1-6H3;5-8H,3-4H2,1-2H3;6-7H,1-5H2. The SMILES string of the molecule is CC1(C)Cc2cscc2CC(C)(C)C1(C)C.CC1COc2cscc2OCC1C.c1scc2c1OCCCCCO2. The highest BCUT2D eigenvalue weighted by Crippen LogP contribution is 2.56. The highest BCUT2D eigenvalue weighted by atomic mass is 32.1. The summed E-state index contributed by atoms with van der Waals surface area (Å²) >= 11 is 5.12. The van der Waals surface area contributed by atoms with Gasteiger partial charge in [0.15, 0.2) is 23.0 Å². The van der Waals surface area contributed by atoms with Gasteiger partial charge < -0.3 is 18.9 Å². The molecule has 41 heavy (non-hydrogen) atoms. The maximum Gasteiger partial charge on any atom is 0.171 e. The topological polar surface area (TPSA) is 36.9 Å². The maximum absolute atomic E-state index is 5.64. The Labute approximate surface area is 260 Å². The number of fused-ring (bicyclic) bond motifs is 3. The zero-order valence-electron chi connectivity index (χ0n) is 26.3. The van der Waals surface area contributed by atoms with Crippen molar-refractivity contribution in [1.82, 2.24) is 0 Å².